The molecule has 4 aromatic rings. The van der Waals surface area contributed by atoms with Crippen LogP contribution in [0.2, 0.25) is 0 Å². The third-order valence-corrected chi connectivity index (χ3v) is 7.12. The van der Waals surface area contributed by atoms with Gasteiger partial charge in [-0.05, 0) is 53.8 Å². The van der Waals surface area contributed by atoms with E-state index in [1.807, 2.05) is 72.8 Å². The number of nitrogens with zero attached hydrogens (tertiary/aromatic N) is 3. The molecule has 0 saturated heterocycles. The van der Waals surface area contributed by atoms with Gasteiger partial charge in [-0.25, -0.2) is 0 Å². The highest BCUT2D eigenvalue weighted by Crippen LogP contribution is 2.44. The standard InChI is InChI=1S/C31H29N3O3/c1-3-24-19-27-25(26(4-2)33-24)15-16-28(35)34(27)20-21-11-13-23(14-12-21)31(17-8-18-32-31)29(30(36)37)22-9-6-5-7-10-22/h5-19,29H,3-4,20H2,1-2H3,(H,36,37). The maximum Gasteiger partial charge on any atom is 0.314 e. The van der Waals surface area contributed by atoms with Crippen LogP contribution in [0.1, 0.15) is 47.8 Å². The molecule has 0 aliphatic carbocycles. The SMILES string of the molecule is CCc1cc2c(ccc(=O)n2Cc2ccc(C3(C(C(=O)O)c4ccccc4)C=CC=N3)cc2)c(CC)n1. The Bertz CT molecular complexity index is 1560. The van der Waals surface area contributed by atoms with Crippen molar-refractivity contribution in [3.05, 3.63) is 123 Å². The smallest absolute Gasteiger partial charge is 0.314 e. The number of pyridine rings is 2. The molecule has 0 saturated carbocycles. The number of allylic oxidation sites excluding steroid dienone is 1. The number of carboxylic acid groups (broad SMARTS) is 1. The second-order valence-corrected chi connectivity index (χ2v) is 9.30. The lowest BCUT2D eigenvalue weighted by atomic mass is 9.75. The number of carboxylic acids is 1. The van der Waals surface area contributed by atoms with Crippen LogP contribution in [0.25, 0.3) is 10.9 Å². The first kappa shape index (κ1) is 24.4. The molecule has 0 bridgehead atoms. The molecule has 1 aliphatic heterocycles. The number of benzene rings is 2. The van der Waals surface area contributed by atoms with E-state index in [9.17, 15) is 14.7 Å². The molecule has 6 heteroatoms. The zero-order valence-electron chi connectivity index (χ0n) is 21.0. The minimum absolute atomic E-state index is 0.0679. The van der Waals surface area contributed by atoms with E-state index in [1.54, 1.807) is 22.9 Å². The topological polar surface area (TPSA) is 84.5 Å². The highest BCUT2D eigenvalue weighted by molar-refractivity contribution is 5.84. The molecule has 2 unspecified atom stereocenters. The number of hydrogen-bond acceptors (Lipinski definition) is 4. The van der Waals surface area contributed by atoms with Crippen LogP contribution >= 0.6 is 0 Å². The van der Waals surface area contributed by atoms with E-state index in [-0.39, 0.29) is 5.56 Å². The number of fused-ring (bicyclic) bond motifs is 1. The second-order valence-electron chi connectivity index (χ2n) is 9.30. The summed E-state index contributed by atoms with van der Waals surface area (Å²) in [6.07, 6.45) is 6.90. The molecule has 1 N–H and O–H groups in total. The maximum atomic E-state index is 12.9. The summed E-state index contributed by atoms with van der Waals surface area (Å²) in [5, 5.41) is 11.2. The van der Waals surface area contributed by atoms with Crippen LogP contribution < -0.4 is 5.56 Å². The van der Waals surface area contributed by atoms with Gasteiger partial charge in [0.25, 0.3) is 5.56 Å². The van der Waals surface area contributed by atoms with Gasteiger partial charge in [-0.1, -0.05) is 68.4 Å². The van der Waals surface area contributed by atoms with E-state index in [4.69, 9.17) is 4.98 Å². The Hall–Kier alpha value is -4.32. The van der Waals surface area contributed by atoms with Crippen molar-refractivity contribution in [2.24, 2.45) is 4.99 Å². The minimum Gasteiger partial charge on any atom is -0.481 e. The summed E-state index contributed by atoms with van der Waals surface area (Å²) < 4.78 is 1.79. The summed E-state index contributed by atoms with van der Waals surface area (Å²) >= 11 is 0. The van der Waals surface area contributed by atoms with Crippen molar-refractivity contribution in [2.75, 3.05) is 0 Å². The second kappa shape index (κ2) is 9.97. The predicted molar refractivity (Wildman–Crippen MR) is 146 cm³/mol. The first-order valence-electron chi connectivity index (χ1n) is 12.6. The molecule has 6 nitrogen and oxygen atoms in total. The van der Waals surface area contributed by atoms with Gasteiger partial charge in [-0.3, -0.25) is 19.6 Å². The number of hydrogen-bond donors (Lipinski definition) is 1. The van der Waals surface area contributed by atoms with Gasteiger partial charge in [0.1, 0.15) is 11.5 Å². The fraction of sp³-hybridized carbons (Fsp3) is 0.226. The normalized spacial score (nSPS) is 17.4. The quantitative estimate of drug-likeness (QED) is 0.364. The minimum atomic E-state index is -1.04. The third kappa shape index (κ3) is 4.40. The average molecular weight is 492 g/mol. The first-order valence-corrected chi connectivity index (χ1v) is 12.6. The molecule has 0 fully saturated rings. The molecule has 37 heavy (non-hydrogen) atoms. The first-order chi connectivity index (χ1) is 18.0. The van der Waals surface area contributed by atoms with Gasteiger partial charge in [0.05, 0.1) is 12.1 Å². The number of aryl methyl sites for hydroxylation is 2. The molecule has 186 valence electrons. The van der Waals surface area contributed by atoms with Crippen LogP contribution in [0, 0.1) is 0 Å². The van der Waals surface area contributed by atoms with Crippen molar-refractivity contribution in [1.29, 1.82) is 0 Å². The summed E-state index contributed by atoms with van der Waals surface area (Å²) in [4.78, 5) is 34.8. The van der Waals surface area contributed by atoms with Gasteiger partial charge in [0, 0.05) is 29.1 Å². The van der Waals surface area contributed by atoms with Gasteiger partial charge in [0.2, 0.25) is 0 Å². The maximum absolute atomic E-state index is 12.9. The van der Waals surface area contributed by atoms with Crippen molar-refractivity contribution in [3.63, 3.8) is 0 Å². The number of aromatic nitrogens is 2. The summed E-state index contributed by atoms with van der Waals surface area (Å²) in [7, 11) is 0. The average Bonchev–Trinajstić information content (AvgIpc) is 3.41. The Kier molecular flexibility index (Phi) is 6.57. The number of rotatable bonds is 8. The molecule has 5 rings (SSSR count). The van der Waals surface area contributed by atoms with E-state index in [1.165, 1.54) is 0 Å². The summed E-state index contributed by atoms with van der Waals surface area (Å²) in [6, 6.07) is 22.5. The van der Waals surface area contributed by atoms with Gasteiger partial charge in [0.15, 0.2) is 0 Å². The lowest BCUT2D eigenvalue weighted by Crippen LogP contribution is -2.34. The van der Waals surface area contributed by atoms with E-state index in [0.717, 1.165) is 46.3 Å². The zero-order valence-corrected chi connectivity index (χ0v) is 21.0. The molecule has 0 radical (unpaired) electrons. The third-order valence-electron chi connectivity index (χ3n) is 7.12. The molecule has 2 aromatic carbocycles. The van der Waals surface area contributed by atoms with Crippen molar-refractivity contribution >= 4 is 23.1 Å². The van der Waals surface area contributed by atoms with E-state index < -0.39 is 17.4 Å². The fourth-order valence-corrected chi connectivity index (χ4v) is 5.23. The van der Waals surface area contributed by atoms with Crippen LogP contribution in [0.5, 0.6) is 0 Å². The van der Waals surface area contributed by atoms with Gasteiger partial charge < -0.3 is 9.67 Å². The molecule has 3 heterocycles. The highest BCUT2D eigenvalue weighted by atomic mass is 16.4. The van der Waals surface area contributed by atoms with Gasteiger partial charge >= 0.3 is 5.97 Å². The van der Waals surface area contributed by atoms with Crippen molar-refractivity contribution in [3.8, 4) is 0 Å². The van der Waals surface area contributed by atoms with E-state index in [2.05, 4.69) is 18.8 Å². The summed E-state index contributed by atoms with van der Waals surface area (Å²) in [6.45, 7) is 4.54. The van der Waals surface area contributed by atoms with E-state index >= 15 is 0 Å². The summed E-state index contributed by atoms with van der Waals surface area (Å²) in [5.41, 5.74) is 4.15. The van der Waals surface area contributed by atoms with Crippen molar-refractivity contribution < 1.29 is 9.90 Å². The summed E-state index contributed by atoms with van der Waals surface area (Å²) in [5.74, 6) is -1.81. The van der Waals surface area contributed by atoms with Gasteiger partial charge in [-0.2, -0.15) is 0 Å². The predicted octanol–water partition coefficient (Wildman–Crippen LogP) is 5.27. The number of aliphatic carboxylic acids is 1. The molecular formula is C31H29N3O3. The highest BCUT2D eigenvalue weighted by Gasteiger charge is 2.44. The molecule has 2 aromatic heterocycles. The Morgan fingerprint density at radius 1 is 1.00 bits per heavy atom. The van der Waals surface area contributed by atoms with Crippen LogP contribution in [0.3, 0.4) is 0 Å². The van der Waals surface area contributed by atoms with Crippen molar-refractivity contribution in [2.45, 2.75) is 44.7 Å². The van der Waals surface area contributed by atoms with Gasteiger partial charge in [-0.15, -0.1) is 0 Å². The lowest BCUT2D eigenvalue weighted by molar-refractivity contribution is -0.140. The van der Waals surface area contributed by atoms with Crippen molar-refractivity contribution in [1.82, 2.24) is 9.55 Å². The number of carbonyl (C=O) groups is 1. The lowest BCUT2D eigenvalue weighted by Gasteiger charge is -2.32. The monoisotopic (exact) mass is 491 g/mol. The zero-order chi connectivity index (χ0) is 26.0. The Balaban J connectivity index is 1.55. The van der Waals surface area contributed by atoms with Crippen LogP contribution in [0.15, 0.2) is 94.7 Å². The Labute approximate surface area is 215 Å². The molecule has 2 atom stereocenters. The molecule has 0 amide bonds. The van der Waals surface area contributed by atoms with Crippen LogP contribution in [-0.2, 0) is 29.7 Å². The largest absolute Gasteiger partial charge is 0.481 e. The van der Waals surface area contributed by atoms with Crippen LogP contribution in [-0.4, -0.2) is 26.8 Å². The Morgan fingerprint density at radius 3 is 2.38 bits per heavy atom. The molecule has 0 spiro atoms. The molecular weight excluding hydrogens is 462 g/mol. The fourth-order valence-electron chi connectivity index (χ4n) is 5.23. The molecule has 1 aliphatic rings. The van der Waals surface area contributed by atoms with Crippen LogP contribution in [0.4, 0.5) is 0 Å². The van der Waals surface area contributed by atoms with E-state index in [0.29, 0.717) is 12.1 Å². The Morgan fingerprint density at radius 2 is 1.76 bits per heavy atom. The number of aliphatic imine (C=N–C) groups is 1.